The molecule has 1 unspecified atom stereocenters. The zero-order valence-corrected chi connectivity index (χ0v) is 15.9. The predicted molar refractivity (Wildman–Crippen MR) is 104 cm³/mol. The van der Waals surface area contributed by atoms with Gasteiger partial charge < -0.3 is 15.2 Å². The number of aromatic hydroxyl groups is 1. The summed E-state index contributed by atoms with van der Waals surface area (Å²) in [6.07, 6.45) is 1.45. The summed E-state index contributed by atoms with van der Waals surface area (Å²) in [5.41, 5.74) is 0.431. The smallest absolute Gasteiger partial charge is 0.337 e. The van der Waals surface area contributed by atoms with Crippen molar-refractivity contribution in [3.05, 3.63) is 80.2 Å². The second-order valence-corrected chi connectivity index (χ2v) is 6.55. The molecule has 0 amide bonds. The second kappa shape index (κ2) is 7.22. The van der Waals surface area contributed by atoms with Gasteiger partial charge in [0.2, 0.25) is 0 Å². The van der Waals surface area contributed by atoms with Gasteiger partial charge in [-0.05, 0) is 24.6 Å². The van der Waals surface area contributed by atoms with Gasteiger partial charge in [-0.25, -0.2) is 9.59 Å². The van der Waals surface area contributed by atoms with Gasteiger partial charge in [0.05, 0.1) is 17.1 Å². The van der Waals surface area contributed by atoms with E-state index in [1.807, 2.05) is 0 Å². The van der Waals surface area contributed by atoms with E-state index in [-0.39, 0.29) is 23.5 Å². The Kier molecular flexibility index (Phi) is 4.96. The molecule has 1 aliphatic rings. The molecule has 0 radical (unpaired) electrons. The third-order valence-corrected chi connectivity index (χ3v) is 4.74. The molecule has 146 valence electrons. The van der Waals surface area contributed by atoms with Crippen molar-refractivity contribution in [2.45, 2.75) is 12.8 Å². The normalized spacial score (nSPS) is 15.6. The third kappa shape index (κ3) is 3.02. The number of carbonyl (C=O) groups excluding carboxylic acids is 1. The number of allylic oxidation sites excluding steroid dienone is 1. The van der Waals surface area contributed by atoms with Gasteiger partial charge in [-0.1, -0.05) is 24.8 Å². The quantitative estimate of drug-likeness (QED) is 0.610. The minimum atomic E-state index is -0.814. The summed E-state index contributed by atoms with van der Waals surface area (Å²) in [5.74, 6) is -1.12. The molecule has 2 N–H and O–H groups in total. The number of ether oxygens (including phenoxy) is 1. The van der Waals surface area contributed by atoms with Gasteiger partial charge >= 0.3 is 11.7 Å². The van der Waals surface area contributed by atoms with Crippen molar-refractivity contribution in [1.82, 2.24) is 9.13 Å². The number of fused-ring (bicyclic) bond motifs is 1. The summed E-state index contributed by atoms with van der Waals surface area (Å²) in [5, 5.41) is 12.9. The van der Waals surface area contributed by atoms with Crippen LogP contribution in [0.3, 0.4) is 0 Å². The first-order chi connectivity index (χ1) is 13.3. The van der Waals surface area contributed by atoms with E-state index < -0.39 is 23.1 Å². The number of hydrogen-bond acceptors (Lipinski definition) is 6. The van der Waals surface area contributed by atoms with Crippen LogP contribution in [0, 0.1) is 0 Å². The largest absolute Gasteiger partial charge is 0.508 e. The molecule has 2 aromatic rings. The molecule has 1 aliphatic heterocycles. The Bertz CT molecular complexity index is 1120. The second-order valence-electron chi connectivity index (χ2n) is 6.55. The summed E-state index contributed by atoms with van der Waals surface area (Å²) >= 11 is 0. The number of carbonyl (C=O) groups is 1. The Morgan fingerprint density at radius 3 is 2.68 bits per heavy atom. The molecular formula is C20H21N3O5. The zero-order valence-electron chi connectivity index (χ0n) is 15.9. The molecule has 0 saturated heterocycles. The van der Waals surface area contributed by atoms with Gasteiger partial charge in [0, 0.05) is 19.8 Å². The molecular weight excluding hydrogens is 362 g/mol. The number of benzene rings is 1. The molecule has 3 rings (SSSR count). The fraction of sp³-hybridized carbons (Fsp3) is 0.250. The van der Waals surface area contributed by atoms with Crippen LogP contribution < -0.4 is 16.6 Å². The van der Waals surface area contributed by atoms with Crippen LogP contribution >= 0.6 is 0 Å². The number of aromatic nitrogens is 2. The van der Waals surface area contributed by atoms with Crippen LogP contribution in [0.4, 0.5) is 5.82 Å². The number of phenols is 1. The topological polar surface area (TPSA) is 103 Å². The first-order valence-corrected chi connectivity index (χ1v) is 8.62. The molecule has 0 aliphatic carbocycles. The van der Waals surface area contributed by atoms with Crippen molar-refractivity contribution in [3.63, 3.8) is 0 Å². The third-order valence-electron chi connectivity index (χ3n) is 4.74. The minimum Gasteiger partial charge on any atom is -0.508 e. The average Bonchev–Trinajstić information content (AvgIpc) is 2.67. The van der Waals surface area contributed by atoms with Gasteiger partial charge in [-0.2, -0.15) is 0 Å². The monoisotopic (exact) mass is 383 g/mol. The van der Waals surface area contributed by atoms with Crippen LogP contribution in [0.2, 0.25) is 0 Å². The molecule has 0 spiro atoms. The van der Waals surface area contributed by atoms with E-state index in [2.05, 4.69) is 11.9 Å². The first-order valence-electron chi connectivity index (χ1n) is 8.62. The van der Waals surface area contributed by atoms with Crippen LogP contribution in [-0.4, -0.2) is 26.8 Å². The van der Waals surface area contributed by atoms with Gasteiger partial charge in [-0.3, -0.25) is 13.9 Å². The fourth-order valence-electron chi connectivity index (χ4n) is 3.41. The van der Waals surface area contributed by atoms with E-state index >= 15 is 0 Å². The van der Waals surface area contributed by atoms with Crippen LogP contribution in [0.15, 0.2) is 57.8 Å². The molecule has 0 saturated carbocycles. The summed E-state index contributed by atoms with van der Waals surface area (Å²) in [6.45, 7) is 5.22. The van der Waals surface area contributed by atoms with Gasteiger partial charge in [-0.15, -0.1) is 0 Å². The molecule has 2 heterocycles. The molecule has 1 aromatic heterocycles. The number of nitrogens with one attached hydrogen (secondary N) is 1. The predicted octanol–water partition coefficient (Wildman–Crippen LogP) is 1.35. The maximum absolute atomic E-state index is 13.0. The number of anilines is 1. The number of nitrogens with zero attached hydrogens (tertiary/aromatic N) is 2. The van der Waals surface area contributed by atoms with Gasteiger partial charge in [0.25, 0.3) is 5.56 Å². The first kappa shape index (κ1) is 19.2. The molecule has 8 nitrogen and oxygen atoms in total. The Morgan fingerprint density at radius 1 is 1.32 bits per heavy atom. The molecule has 28 heavy (non-hydrogen) atoms. The van der Waals surface area contributed by atoms with Gasteiger partial charge in [0.15, 0.2) is 0 Å². The number of phenolic OH excluding ortho intramolecular Hbond substituents is 1. The van der Waals surface area contributed by atoms with Crippen molar-refractivity contribution < 1.29 is 14.6 Å². The van der Waals surface area contributed by atoms with Crippen molar-refractivity contribution in [2.24, 2.45) is 14.1 Å². The highest BCUT2D eigenvalue weighted by Crippen LogP contribution is 2.40. The molecule has 8 heteroatoms. The molecule has 1 aromatic carbocycles. The maximum atomic E-state index is 13.0. The molecule has 0 fully saturated rings. The number of esters is 1. The standard InChI is InChI=1S/C20H21N3O5/c1-5-9-28-19(26)14-11(2)21-17-16(18(25)23(4)20(27)22(17)3)15(14)12-7-6-8-13(24)10-12/h5-8,10,15,21,24H,1,9H2,2-4H3. The van der Waals surface area contributed by atoms with E-state index in [1.165, 1.54) is 29.8 Å². The lowest BCUT2D eigenvalue weighted by atomic mass is 9.82. The zero-order chi connectivity index (χ0) is 20.6. The highest BCUT2D eigenvalue weighted by atomic mass is 16.5. The highest BCUT2D eigenvalue weighted by molar-refractivity contribution is 5.94. The van der Waals surface area contributed by atoms with E-state index in [0.29, 0.717) is 17.1 Å². The lowest BCUT2D eigenvalue weighted by Crippen LogP contribution is -2.43. The summed E-state index contributed by atoms with van der Waals surface area (Å²) < 4.78 is 7.54. The highest BCUT2D eigenvalue weighted by Gasteiger charge is 2.37. The Hall–Kier alpha value is -3.55. The minimum absolute atomic E-state index is 0.00399. The molecule has 0 bridgehead atoms. The van der Waals surface area contributed by atoms with Crippen molar-refractivity contribution in [2.75, 3.05) is 11.9 Å². The maximum Gasteiger partial charge on any atom is 0.337 e. The van der Waals surface area contributed by atoms with E-state index in [4.69, 9.17) is 4.74 Å². The van der Waals surface area contributed by atoms with Crippen molar-refractivity contribution in [1.29, 1.82) is 0 Å². The van der Waals surface area contributed by atoms with E-state index in [1.54, 1.807) is 26.1 Å². The van der Waals surface area contributed by atoms with E-state index in [9.17, 15) is 19.5 Å². The average molecular weight is 383 g/mol. The Balaban J connectivity index is 2.35. The summed E-state index contributed by atoms with van der Waals surface area (Å²) in [7, 11) is 2.92. The lowest BCUT2D eigenvalue weighted by molar-refractivity contribution is -0.138. The van der Waals surface area contributed by atoms with E-state index in [0.717, 1.165) is 4.57 Å². The van der Waals surface area contributed by atoms with Crippen LogP contribution in [0.1, 0.15) is 24.0 Å². The van der Waals surface area contributed by atoms with Crippen LogP contribution in [0.5, 0.6) is 5.75 Å². The fourth-order valence-corrected chi connectivity index (χ4v) is 3.41. The summed E-state index contributed by atoms with van der Waals surface area (Å²) in [4.78, 5) is 38.1. The SMILES string of the molecule is C=CCOC(=O)C1=C(C)Nc2c(c(=O)n(C)c(=O)n2C)C1c1cccc(O)c1. The number of rotatable bonds is 4. The number of hydrogen-bond donors (Lipinski definition) is 2. The Morgan fingerprint density at radius 2 is 2.04 bits per heavy atom. The van der Waals surface area contributed by atoms with Crippen molar-refractivity contribution >= 4 is 11.8 Å². The lowest BCUT2D eigenvalue weighted by Gasteiger charge is -2.30. The van der Waals surface area contributed by atoms with Crippen LogP contribution in [0.25, 0.3) is 0 Å². The van der Waals surface area contributed by atoms with Crippen LogP contribution in [-0.2, 0) is 23.6 Å². The summed E-state index contributed by atoms with van der Waals surface area (Å²) in [6, 6.07) is 6.31. The Labute approximate surface area is 161 Å². The van der Waals surface area contributed by atoms with Gasteiger partial charge in [0.1, 0.15) is 18.2 Å². The van der Waals surface area contributed by atoms with Crippen molar-refractivity contribution in [3.8, 4) is 5.75 Å². The molecule has 1 atom stereocenters.